The molecule has 62 heavy (non-hydrogen) atoms. The molecule has 0 aliphatic heterocycles. The predicted octanol–water partition coefficient (Wildman–Crippen LogP) is 17.3. The fraction of sp³-hybridized carbons (Fsp3) is 0.768. The monoisotopic (exact) mass is 867 g/mol. The number of ether oxygens (including phenoxy) is 3. The summed E-state index contributed by atoms with van der Waals surface area (Å²) in [7, 11) is 0. The highest BCUT2D eigenvalue weighted by atomic mass is 16.6. The number of rotatable bonds is 47. The summed E-state index contributed by atoms with van der Waals surface area (Å²) < 4.78 is 16.8. The van der Waals surface area contributed by atoms with E-state index in [1.807, 2.05) is 0 Å². The first kappa shape index (κ1) is 59.1. The van der Waals surface area contributed by atoms with Crippen molar-refractivity contribution in [2.45, 2.75) is 264 Å². The minimum atomic E-state index is -0.789. The van der Waals surface area contributed by atoms with Gasteiger partial charge in [0, 0.05) is 19.3 Å². The van der Waals surface area contributed by atoms with Gasteiger partial charge in [-0.05, 0) is 103 Å². The lowest BCUT2D eigenvalue weighted by Gasteiger charge is -2.18. The van der Waals surface area contributed by atoms with Crippen LogP contribution in [-0.2, 0) is 28.6 Å². The molecule has 0 fully saturated rings. The molecule has 0 aromatic rings. The van der Waals surface area contributed by atoms with E-state index in [0.717, 1.165) is 122 Å². The lowest BCUT2D eigenvalue weighted by atomic mass is 10.1. The zero-order valence-corrected chi connectivity index (χ0v) is 40.9. The second-order valence-corrected chi connectivity index (χ2v) is 17.4. The molecule has 0 amide bonds. The van der Waals surface area contributed by atoms with E-state index in [1.165, 1.54) is 96.3 Å². The Morgan fingerprint density at radius 1 is 0.323 bits per heavy atom. The average molecular weight is 867 g/mol. The highest BCUT2D eigenvalue weighted by Gasteiger charge is 2.19. The van der Waals surface area contributed by atoms with E-state index in [-0.39, 0.29) is 31.1 Å². The normalized spacial score (nSPS) is 12.5. The number of hydrogen-bond acceptors (Lipinski definition) is 6. The molecule has 6 heteroatoms. The van der Waals surface area contributed by atoms with Crippen molar-refractivity contribution in [3.05, 3.63) is 60.8 Å². The van der Waals surface area contributed by atoms with Gasteiger partial charge in [-0.1, -0.05) is 197 Å². The third-order valence-electron chi connectivity index (χ3n) is 11.2. The number of carbonyl (C=O) groups is 3. The maximum atomic E-state index is 12.8. The van der Waals surface area contributed by atoms with Crippen LogP contribution < -0.4 is 0 Å². The molecule has 0 spiro atoms. The third kappa shape index (κ3) is 48.1. The Morgan fingerprint density at radius 2 is 0.613 bits per heavy atom. The van der Waals surface area contributed by atoms with Gasteiger partial charge in [-0.15, -0.1) is 0 Å². The summed E-state index contributed by atoms with van der Waals surface area (Å²) in [6.45, 7) is 6.53. The Morgan fingerprint density at radius 3 is 0.984 bits per heavy atom. The van der Waals surface area contributed by atoms with Crippen LogP contribution in [0.15, 0.2) is 60.8 Å². The Bertz CT molecular complexity index is 1130. The van der Waals surface area contributed by atoms with Crippen molar-refractivity contribution in [1.29, 1.82) is 0 Å². The zero-order chi connectivity index (χ0) is 45.1. The van der Waals surface area contributed by atoms with Crippen LogP contribution in [-0.4, -0.2) is 37.2 Å². The van der Waals surface area contributed by atoms with Gasteiger partial charge in [-0.3, -0.25) is 14.4 Å². The highest BCUT2D eigenvalue weighted by molar-refractivity contribution is 5.71. The molecular weight excluding hydrogens is 769 g/mol. The fourth-order valence-corrected chi connectivity index (χ4v) is 7.21. The molecule has 0 N–H and O–H groups in total. The number of carbonyl (C=O) groups excluding carboxylic acids is 3. The first-order valence-electron chi connectivity index (χ1n) is 26.3. The topological polar surface area (TPSA) is 78.9 Å². The molecule has 0 bridgehead atoms. The minimum Gasteiger partial charge on any atom is -0.462 e. The van der Waals surface area contributed by atoms with Crippen LogP contribution in [0, 0.1) is 0 Å². The number of hydrogen-bond donors (Lipinski definition) is 0. The molecule has 0 saturated heterocycles. The van der Waals surface area contributed by atoms with Crippen molar-refractivity contribution in [2.24, 2.45) is 0 Å². The molecule has 6 nitrogen and oxygen atoms in total. The molecule has 0 aromatic carbocycles. The van der Waals surface area contributed by atoms with Gasteiger partial charge in [0.1, 0.15) is 13.2 Å². The van der Waals surface area contributed by atoms with Crippen LogP contribution in [0.25, 0.3) is 0 Å². The van der Waals surface area contributed by atoms with Crippen LogP contribution in [0.5, 0.6) is 0 Å². The van der Waals surface area contributed by atoms with Crippen molar-refractivity contribution in [3.63, 3.8) is 0 Å². The number of esters is 3. The van der Waals surface area contributed by atoms with Crippen molar-refractivity contribution < 1.29 is 28.6 Å². The molecule has 0 rings (SSSR count). The zero-order valence-electron chi connectivity index (χ0n) is 40.9. The lowest BCUT2D eigenvalue weighted by Crippen LogP contribution is -2.30. The Kier molecular flexibility index (Phi) is 48.4. The van der Waals surface area contributed by atoms with Crippen LogP contribution in [0.3, 0.4) is 0 Å². The molecule has 1 atom stereocenters. The predicted molar refractivity (Wildman–Crippen MR) is 265 cm³/mol. The Balaban J connectivity index is 4.43. The van der Waals surface area contributed by atoms with E-state index < -0.39 is 6.10 Å². The Hall–Kier alpha value is -2.89. The van der Waals surface area contributed by atoms with Crippen molar-refractivity contribution in [1.82, 2.24) is 0 Å². The van der Waals surface area contributed by atoms with Gasteiger partial charge in [-0.2, -0.15) is 0 Å². The summed E-state index contributed by atoms with van der Waals surface area (Å²) in [5, 5.41) is 0. The van der Waals surface area contributed by atoms with Crippen molar-refractivity contribution in [3.8, 4) is 0 Å². The Labute approximate surface area is 383 Å². The van der Waals surface area contributed by atoms with Crippen LogP contribution in [0.4, 0.5) is 0 Å². The maximum absolute atomic E-state index is 12.8. The molecule has 0 aliphatic rings. The largest absolute Gasteiger partial charge is 0.462 e. The van der Waals surface area contributed by atoms with Crippen LogP contribution in [0.1, 0.15) is 258 Å². The van der Waals surface area contributed by atoms with Gasteiger partial charge in [0.25, 0.3) is 0 Å². The van der Waals surface area contributed by atoms with Gasteiger partial charge < -0.3 is 14.2 Å². The molecule has 0 saturated carbocycles. The lowest BCUT2D eigenvalue weighted by molar-refractivity contribution is -0.167. The van der Waals surface area contributed by atoms with Crippen molar-refractivity contribution >= 4 is 17.9 Å². The van der Waals surface area contributed by atoms with E-state index in [4.69, 9.17) is 14.2 Å². The van der Waals surface area contributed by atoms with Crippen molar-refractivity contribution in [2.75, 3.05) is 13.2 Å². The van der Waals surface area contributed by atoms with E-state index >= 15 is 0 Å². The molecule has 0 aliphatic carbocycles. The van der Waals surface area contributed by atoms with Gasteiger partial charge in [-0.25, -0.2) is 0 Å². The number of unbranched alkanes of at least 4 members (excludes halogenated alkanes) is 26. The van der Waals surface area contributed by atoms with Gasteiger partial charge in [0.05, 0.1) is 0 Å². The quantitative estimate of drug-likeness (QED) is 0.0262. The summed E-state index contributed by atoms with van der Waals surface area (Å²) >= 11 is 0. The second kappa shape index (κ2) is 50.8. The first-order chi connectivity index (χ1) is 30.5. The fourth-order valence-electron chi connectivity index (χ4n) is 7.21. The minimum absolute atomic E-state index is 0.0892. The van der Waals surface area contributed by atoms with E-state index in [0.29, 0.717) is 19.3 Å². The average Bonchev–Trinajstić information content (AvgIpc) is 3.27. The molecule has 0 aromatic heterocycles. The number of allylic oxidation sites excluding steroid dienone is 10. The molecular formula is C56H98O6. The maximum Gasteiger partial charge on any atom is 0.306 e. The standard InChI is InChI=1S/C56H98O6/c1-4-7-10-13-16-19-22-25-27-29-31-34-37-40-43-46-49-55(58)61-52-53(51-60-54(57)48-45-42-39-36-33-30-24-21-18-15-12-9-6-3)62-56(59)50-47-44-41-38-35-32-28-26-23-20-17-14-11-8-5-2/h12,15,19,21-22,24,26-29,53H,4-11,13-14,16-18,20,23,25,30-52H2,1-3H3/b15-12-,22-19-,24-21-,28-26-,29-27-. The highest BCUT2D eigenvalue weighted by Crippen LogP contribution is 2.14. The SMILES string of the molecule is CCC/C=C\C/C=C\CCCCCCCC(=O)OCC(COC(=O)CCCCCCC/C=C\C/C=C\CCCCCC)OC(=O)CCCCCCC/C=C\CCCCCCCC. The van der Waals surface area contributed by atoms with Gasteiger partial charge in [0.2, 0.25) is 0 Å². The molecule has 1 unspecified atom stereocenters. The summed E-state index contributed by atoms with van der Waals surface area (Å²) in [5.41, 5.74) is 0. The first-order valence-corrected chi connectivity index (χ1v) is 26.3. The van der Waals surface area contributed by atoms with Gasteiger partial charge >= 0.3 is 17.9 Å². The molecule has 0 heterocycles. The molecule has 358 valence electrons. The van der Waals surface area contributed by atoms with Crippen LogP contribution >= 0.6 is 0 Å². The van der Waals surface area contributed by atoms with Gasteiger partial charge in [0.15, 0.2) is 6.10 Å². The second-order valence-electron chi connectivity index (χ2n) is 17.4. The molecule has 0 radical (unpaired) electrons. The smallest absolute Gasteiger partial charge is 0.306 e. The summed E-state index contributed by atoms with van der Waals surface area (Å²) in [6, 6.07) is 0. The van der Waals surface area contributed by atoms with E-state index in [2.05, 4.69) is 81.5 Å². The third-order valence-corrected chi connectivity index (χ3v) is 11.2. The van der Waals surface area contributed by atoms with E-state index in [9.17, 15) is 14.4 Å². The van der Waals surface area contributed by atoms with E-state index in [1.54, 1.807) is 0 Å². The summed E-state index contributed by atoms with van der Waals surface area (Å²) in [5.74, 6) is -0.920. The summed E-state index contributed by atoms with van der Waals surface area (Å²) in [4.78, 5) is 38.0. The summed E-state index contributed by atoms with van der Waals surface area (Å²) in [6.07, 6.45) is 62.0. The van der Waals surface area contributed by atoms with Crippen LogP contribution in [0.2, 0.25) is 0 Å².